The van der Waals surface area contributed by atoms with E-state index in [0.29, 0.717) is 24.2 Å². The van der Waals surface area contributed by atoms with Crippen LogP contribution in [-0.2, 0) is 0 Å². The van der Waals surface area contributed by atoms with E-state index in [2.05, 4.69) is 11.8 Å². The summed E-state index contributed by atoms with van der Waals surface area (Å²) >= 11 is 0. The Morgan fingerprint density at radius 2 is 1.79 bits per heavy atom. The summed E-state index contributed by atoms with van der Waals surface area (Å²) in [7, 11) is 0. The largest absolute Gasteiger partial charge is 0.393 e. The van der Waals surface area contributed by atoms with Crippen molar-refractivity contribution in [2.45, 2.75) is 69.1 Å². The lowest BCUT2D eigenvalue weighted by Gasteiger charge is -2.69. The van der Waals surface area contributed by atoms with Crippen LogP contribution in [0, 0.1) is 17.8 Å². The van der Waals surface area contributed by atoms with E-state index in [1.807, 2.05) is 0 Å². The van der Waals surface area contributed by atoms with Gasteiger partial charge in [0.1, 0.15) is 0 Å². The van der Waals surface area contributed by atoms with Crippen molar-refractivity contribution in [2.75, 3.05) is 13.1 Å². The van der Waals surface area contributed by atoms with Gasteiger partial charge in [-0.2, -0.15) is 0 Å². The van der Waals surface area contributed by atoms with Crippen molar-refractivity contribution < 1.29 is 10.2 Å². The molecule has 0 radical (unpaired) electrons. The second kappa shape index (κ2) is 3.96. The van der Waals surface area contributed by atoms with E-state index < -0.39 is 5.60 Å². The molecule has 108 valence electrons. The van der Waals surface area contributed by atoms with E-state index in [0.717, 1.165) is 12.8 Å². The van der Waals surface area contributed by atoms with Crippen LogP contribution in [-0.4, -0.2) is 45.4 Å². The molecule has 3 nitrogen and oxygen atoms in total. The topological polar surface area (TPSA) is 43.7 Å². The Kier molecular flexibility index (Phi) is 2.63. The predicted molar refractivity (Wildman–Crippen MR) is 73.7 cm³/mol. The van der Waals surface area contributed by atoms with Gasteiger partial charge in [0.25, 0.3) is 0 Å². The molecule has 2 bridgehead atoms. The molecule has 0 aromatic rings. The Hall–Kier alpha value is -0.120. The maximum absolute atomic E-state index is 11.2. The molecule has 4 rings (SSSR count). The normalized spacial score (nSPS) is 57.6. The SMILES string of the molecule is CC1CC2(O)CC(O)C3CCCN4CCCC2C34C1. The van der Waals surface area contributed by atoms with E-state index in [9.17, 15) is 10.2 Å². The van der Waals surface area contributed by atoms with Crippen molar-refractivity contribution in [3.63, 3.8) is 0 Å². The first-order chi connectivity index (χ1) is 9.06. The standard InChI is InChI=1S/C16H27NO2/c1-11-8-15(19)10-13(18)12-4-2-6-17-7-3-5-14(15)16(12,17)9-11/h11-14,18-19H,2-10H2,1H3. The van der Waals surface area contributed by atoms with Gasteiger partial charge >= 0.3 is 0 Å². The fourth-order valence-corrected chi connectivity index (χ4v) is 6.52. The van der Waals surface area contributed by atoms with Gasteiger partial charge in [-0.25, -0.2) is 0 Å². The van der Waals surface area contributed by atoms with E-state index >= 15 is 0 Å². The lowest BCUT2D eigenvalue weighted by molar-refractivity contribution is -0.254. The molecule has 3 heteroatoms. The van der Waals surface area contributed by atoms with Crippen LogP contribution in [0.3, 0.4) is 0 Å². The third-order valence-electron chi connectivity index (χ3n) is 6.75. The van der Waals surface area contributed by atoms with E-state index in [1.54, 1.807) is 0 Å². The van der Waals surface area contributed by atoms with Crippen LogP contribution < -0.4 is 0 Å². The molecular formula is C16H27NO2. The highest BCUT2D eigenvalue weighted by molar-refractivity contribution is 5.20. The summed E-state index contributed by atoms with van der Waals surface area (Å²) in [6.45, 7) is 4.66. The monoisotopic (exact) mass is 265 g/mol. The summed E-state index contributed by atoms with van der Waals surface area (Å²) in [4.78, 5) is 2.67. The van der Waals surface area contributed by atoms with Gasteiger partial charge < -0.3 is 10.2 Å². The number of piperidine rings is 2. The number of aliphatic hydroxyl groups excluding tert-OH is 1. The lowest BCUT2D eigenvalue weighted by Crippen LogP contribution is -2.76. The van der Waals surface area contributed by atoms with Gasteiger partial charge in [0.2, 0.25) is 0 Å². The molecule has 2 saturated carbocycles. The number of aliphatic hydroxyl groups is 2. The smallest absolute Gasteiger partial charge is 0.0720 e. The van der Waals surface area contributed by atoms with Crippen LogP contribution in [0.15, 0.2) is 0 Å². The minimum Gasteiger partial charge on any atom is -0.393 e. The molecule has 2 N–H and O–H groups in total. The summed E-state index contributed by atoms with van der Waals surface area (Å²) in [6, 6.07) is 0. The number of rotatable bonds is 0. The number of nitrogens with zero attached hydrogens (tertiary/aromatic N) is 1. The Bertz CT molecular complexity index is 385. The second-order valence-corrected chi connectivity index (χ2v) is 7.81. The van der Waals surface area contributed by atoms with Crippen LogP contribution in [0.1, 0.15) is 51.9 Å². The summed E-state index contributed by atoms with van der Waals surface area (Å²) in [5.41, 5.74) is -0.468. The fourth-order valence-electron chi connectivity index (χ4n) is 6.52. The first-order valence-electron chi connectivity index (χ1n) is 8.22. The predicted octanol–water partition coefficient (Wildman–Crippen LogP) is 1.77. The highest BCUT2D eigenvalue weighted by atomic mass is 16.3. The molecule has 1 spiro atoms. The maximum Gasteiger partial charge on any atom is 0.0720 e. The van der Waals surface area contributed by atoms with Crippen molar-refractivity contribution in [2.24, 2.45) is 17.8 Å². The third-order valence-corrected chi connectivity index (χ3v) is 6.75. The van der Waals surface area contributed by atoms with Crippen molar-refractivity contribution in [3.8, 4) is 0 Å². The minimum atomic E-state index is -0.594. The van der Waals surface area contributed by atoms with E-state index in [1.165, 1.54) is 38.8 Å². The van der Waals surface area contributed by atoms with Gasteiger partial charge in [-0.15, -0.1) is 0 Å². The molecule has 2 heterocycles. The molecular weight excluding hydrogens is 238 g/mol. The van der Waals surface area contributed by atoms with Crippen LogP contribution >= 0.6 is 0 Å². The molecule has 2 saturated heterocycles. The van der Waals surface area contributed by atoms with Crippen molar-refractivity contribution in [1.29, 1.82) is 0 Å². The highest BCUT2D eigenvalue weighted by Gasteiger charge is 2.66. The Labute approximate surface area is 116 Å². The third kappa shape index (κ3) is 1.50. The maximum atomic E-state index is 11.2. The first-order valence-corrected chi connectivity index (χ1v) is 8.22. The Morgan fingerprint density at radius 1 is 1.05 bits per heavy atom. The molecule has 4 aliphatic rings. The molecule has 19 heavy (non-hydrogen) atoms. The Balaban J connectivity index is 1.84. The minimum absolute atomic E-state index is 0.126. The van der Waals surface area contributed by atoms with Gasteiger partial charge in [-0.05, 0) is 57.5 Å². The summed E-state index contributed by atoms with van der Waals surface area (Å²) < 4.78 is 0. The molecule has 4 fully saturated rings. The number of hydrogen-bond donors (Lipinski definition) is 2. The highest BCUT2D eigenvalue weighted by Crippen LogP contribution is 2.61. The van der Waals surface area contributed by atoms with Crippen molar-refractivity contribution in [3.05, 3.63) is 0 Å². The van der Waals surface area contributed by atoms with E-state index in [4.69, 9.17) is 0 Å². The molecule has 2 aliphatic heterocycles. The lowest BCUT2D eigenvalue weighted by atomic mass is 9.46. The second-order valence-electron chi connectivity index (χ2n) is 7.81. The zero-order valence-electron chi connectivity index (χ0n) is 12.0. The first kappa shape index (κ1) is 12.6. The van der Waals surface area contributed by atoms with Crippen LogP contribution in [0.2, 0.25) is 0 Å². The quantitative estimate of drug-likeness (QED) is 0.701. The van der Waals surface area contributed by atoms with Gasteiger partial charge in [-0.3, -0.25) is 4.90 Å². The average Bonchev–Trinajstić information content (AvgIpc) is 2.33. The average molecular weight is 265 g/mol. The molecule has 0 aromatic heterocycles. The Morgan fingerprint density at radius 3 is 2.58 bits per heavy atom. The van der Waals surface area contributed by atoms with Gasteiger partial charge in [0, 0.05) is 23.8 Å². The summed E-state index contributed by atoms with van der Waals surface area (Å²) in [6.07, 6.45) is 7.23. The van der Waals surface area contributed by atoms with E-state index in [-0.39, 0.29) is 11.6 Å². The zero-order valence-corrected chi connectivity index (χ0v) is 12.0. The van der Waals surface area contributed by atoms with Crippen LogP contribution in [0.5, 0.6) is 0 Å². The van der Waals surface area contributed by atoms with Crippen LogP contribution in [0.4, 0.5) is 0 Å². The summed E-state index contributed by atoms with van der Waals surface area (Å²) in [5, 5.41) is 21.8. The van der Waals surface area contributed by atoms with Crippen molar-refractivity contribution >= 4 is 0 Å². The molecule has 0 amide bonds. The number of hydrogen-bond acceptors (Lipinski definition) is 3. The van der Waals surface area contributed by atoms with Crippen LogP contribution in [0.25, 0.3) is 0 Å². The molecule has 2 aliphatic carbocycles. The molecule has 6 unspecified atom stereocenters. The zero-order chi connectivity index (χ0) is 13.3. The van der Waals surface area contributed by atoms with Gasteiger partial charge in [0.05, 0.1) is 11.7 Å². The van der Waals surface area contributed by atoms with Crippen molar-refractivity contribution in [1.82, 2.24) is 4.90 Å². The fraction of sp³-hybridized carbons (Fsp3) is 1.00. The van der Waals surface area contributed by atoms with Gasteiger partial charge in [-0.1, -0.05) is 6.92 Å². The summed E-state index contributed by atoms with van der Waals surface area (Å²) in [5.74, 6) is 1.42. The molecule has 0 aromatic carbocycles. The van der Waals surface area contributed by atoms with Gasteiger partial charge in [0.15, 0.2) is 0 Å². The molecule has 6 atom stereocenters.